The molecule has 1 aromatic carbocycles. The number of nitrogens with one attached hydrogen (secondary N) is 1. The number of benzene rings is 1. The van der Waals surface area contributed by atoms with Crippen molar-refractivity contribution < 1.29 is 13.3 Å². The van der Waals surface area contributed by atoms with Gasteiger partial charge >= 0.3 is 0 Å². The van der Waals surface area contributed by atoms with Crippen LogP contribution in [0.5, 0.6) is 0 Å². The highest BCUT2D eigenvalue weighted by atomic mass is 32.2. The van der Waals surface area contributed by atoms with Crippen molar-refractivity contribution >= 4 is 21.4 Å². The summed E-state index contributed by atoms with van der Waals surface area (Å²) in [5.41, 5.74) is 2.06. The second-order valence-corrected chi connectivity index (χ2v) is 7.15. The van der Waals surface area contributed by atoms with Crippen LogP contribution in [-0.4, -0.2) is 30.7 Å². The Bertz CT molecular complexity index is 657. The lowest BCUT2D eigenvalue weighted by Crippen LogP contribution is -2.36. The molecule has 1 saturated carbocycles. The molecule has 0 heterocycles. The number of anilines is 1. The van der Waals surface area contributed by atoms with Crippen molar-refractivity contribution in [2.24, 2.45) is 11.8 Å². The molecule has 21 heavy (non-hydrogen) atoms. The molecule has 1 unspecified atom stereocenters. The maximum atomic E-state index is 12.6. The number of rotatable bonds is 6. The maximum absolute atomic E-state index is 12.6. The Labute approximate surface area is 123 Å². The molecule has 0 aromatic heterocycles. The summed E-state index contributed by atoms with van der Waals surface area (Å²) in [6.07, 6.45) is 1.97. The fourth-order valence-corrected chi connectivity index (χ4v) is 3.78. The van der Waals surface area contributed by atoms with E-state index < -0.39 is 20.6 Å². The number of sulfonamides is 1. The number of nitrogens with zero attached hydrogens (tertiary/aromatic N) is 2. The van der Waals surface area contributed by atoms with Gasteiger partial charge in [0.2, 0.25) is 10.0 Å². The minimum absolute atomic E-state index is 0.179. The van der Waals surface area contributed by atoms with Crippen LogP contribution in [0.1, 0.15) is 19.8 Å². The van der Waals surface area contributed by atoms with Crippen LogP contribution < -0.4 is 11.3 Å². The van der Waals surface area contributed by atoms with Gasteiger partial charge in [0.25, 0.3) is 5.69 Å². The van der Waals surface area contributed by atoms with Gasteiger partial charge in [0.05, 0.1) is 10.6 Å². The Kier molecular flexibility index (Phi) is 4.17. The lowest BCUT2D eigenvalue weighted by molar-refractivity contribution is -0.387. The van der Waals surface area contributed by atoms with E-state index in [1.807, 2.05) is 6.92 Å². The molecule has 0 aliphatic heterocycles. The molecule has 1 aliphatic rings. The van der Waals surface area contributed by atoms with Crippen LogP contribution in [0.4, 0.5) is 11.4 Å². The van der Waals surface area contributed by atoms with Crippen LogP contribution in [0.25, 0.3) is 0 Å². The third kappa shape index (κ3) is 2.99. The van der Waals surface area contributed by atoms with E-state index >= 15 is 0 Å². The second kappa shape index (κ2) is 5.58. The summed E-state index contributed by atoms with van der Waals surface area (Å²) in [5.74, 6) is 5.53. The summed E-state index contributed by atoms with van der Waals surface area (Å²) in [4.78, 5) is 10.1. The maximum Gasteiger partial charge on any atom is 0.291 e. The van der Waals surface area contributed by atoms with Crippen molar-refractivity contribution in [1.82, 2.24) is 4.31 Å². The zero-order chi connectivity index (χ0) is 15.8. The molecule has 3 N–H and O–H groups in total. The van der Waals surface area contributed by atoms with Crippen LogP contribution in [0.15, 0.2) is 23.1 Å². The number of nitrogens with two attached hydrogens (primary N) is 1. The largest absolute Gasteiger partial charge is 0.324 e. The van der Waals surface area contributed by atoms with Gasteiger partial charge in [-0.15, -0.1) is 0 Å². The van der Waals surface area contributed by atoms with E-state index in [0.29, 0.717) is 5.92 Å². The molecule has 2 rings (SSSR count). The molecule has 9 heteroatoms. The number of nitrogen functional groups attached to an aromatic ring is 1. The van der Waals surface area contributed by atoms with E-state index in [2.05, 4.69) is 5.43 Å². The van der Waals surface area contributed by atoms with E-state index in [-0.39, 0.29) is 16.6 Å². The molecular formula is C12H18N4O4S. The van der Waals surface area contributed by atoms with Crippen molar-refractivity contribution in [3.05, 3.63) is 28.3 Å². The smallest absolute Gasteiger partial charge is 0.291 e. The monoisotopic (exact) mass is 314 g/mol. The summed E-state index contributed by atoms with van der Waals surface area (Å²) in [5, 5.41) is 11.1. The molecule has 0 amide bonds. The SMILES string of the molecule is CC(C1CC1)N(C)S(=O)(=O)c1ccc(NN)cc1[N+](=O)[O-]. The molecule has 116 valence electrons. The average molecular weight is 314 g/mol. The minimum Gasteiger partial charge on any atom is -0.324 e. The standard InChI is InChI=1S/C12H18N4O4S/c1-8(9-3-4-9)15(2)21(19,20)12-6-5-10(14-13)7-11(12)16(17)18/h5-9,14H,3-4,13H2,1-2H3. The van der Waals surface area contributed by atoms with Gasteiger partial charge in [0.1, 0.15) is 0 Å². The van der Waals surface area contributed by atoms with Gasteiger partial charge in [0, 0.05) is 19.2 Å². The molecule has 1 atom stereocenters. The highest BCUT2D eigenvalue weighted by molar-refractivity contribution is 7.89. The first-order valence-corrected chi connectivity index (χ1v) is 7.96. The number of nitro groups is 1. The third-order valence-electron chi connectivity index (χ3n) is 3.86. The number of hydrazine groups is 1. The molecular weight excluding hydrogens is 296 g/mol. The first kappa shape index (κ1) is 15.7. The number of nitro benzene ring substituents is 1. The highest BCUT2D eigenvalue weighted by Gasteiger charge is 2.38. The first-order chi connectivity index (χ1) is 9.78. The van der Waals surface area contributed by atoms with Crippen LogP contribution >= 0.6 is 0 Å². The van der Waals surface area contributed by atoms with Crippen LogP contribution in [0.2, 0.25) is 0 Å². The Morgan fingerprint density at radius 3 is 2.57 bits per heavy atom. The Hall–Kier alpha value is -1.71. The number of hydrogen-bond acceptors (Lipinski definition) is 6. The van der Waals surface area contributed by atoms with Crippen molar-refractivity contribution in [3.63, 3.8) is 0 Å². The Balaban J connectivity index is 2.45. The molecule has 0 saturated heterocycles. The van der Waals surface area contributed by atoms with Gasteiger partial charge in [-0.05, 0) is 37.8 Å². The Morgan fingerprint density at radius 1 is 1.48 bits per heavy atom. The van der Waals surface area contributed by atoms with Crippen molar-refractivity contribution in [3.8, 4) is 0 Å². The van der Waals surface area contributed by atoms with Gasteiger partial charge in [-0.3, -0.25) is 16.0 Å². The second-order valence-electron chi connectivity index (χ2n) is 5.18. The highest BCUT2D eigenvalue weighted by Crippen LogP contribution is 2.37. The predicted octanol–water partition coefficient (Wildman–Crippen LogP) is 1.30. The van der Waals surface area contributed by atoms with Crippen molar-refractivity contribution in [2.45, 2.75) is 30.7 Å². The summed E-state index contributed by atoms with van der Waals surface area (Å²) in [6, 6.07) is 3.54. The molecule has 8 nitrogen and oxygen atoms in total. The lowest BCUT2D eigenvalue weighted by atomic mass is 10.2. The van der Waals surface area contributed by atoms with Gasteiger partial charge < -0.3 is 5.43 Å². The minimum atomic E-state index is -3.92. The van der Waals surface area contributed by atoms with E-state index in [1.165, 1.54) is 23.5 Å². The van der Waals surface area contributed by atoms with Gasteiger partial charge in [-0.2, -0.15) is 4.31 Å². The first-order valence-electron chi connectivity index (χ1n) is 6.52. The third-order valence-corrected chi connectivity index (χ3v) is 5.85. The van der Waals surface area contributed by atoms with Crippen LogP contribution in [0.3, 0.4) is 0 Å². The fourth-order valence-electron chi connectivity index (χ4n) is 2.22. The molecule has 1 fully saturated rings. The van der Waals surface area contributed by atoms with Gasteiger partial charge in [-0.25, -0.2) is 8.42 Å². The van der Waals surface area contributed by atoms with E-state index in [9.17, 15) is 18.5 Å². The zero-order valence-corrected chi connectivity index (χ0v) is 12.6. The van der Waals surface area contributed by atoms with Crippen LogP contribution in [0, 0.1) is 16.0 Å². The van der Waals surface area contributed by atoms with E-state index in [1.54, 1.807) is 0 Å². The molecule has 0 radical (unpaired) electrons. The fraction of sp³-hybridized carbons (Fsp3) is 0.500. The normalized spacial score (nSPS) is 16.8. The lowest BCUT2D eigenvalue weighted by Gasteiger charge is -2.24. The Morgan fingerprint density at radius 2 is 2.10 bits per heavy atom. The number of hydrogen-bond donors (Lipinski definition) is 2. The molecule has 1 aliphatic carbocycles. The van der Waals surface area contributed by atoms with E-state index in [4.69, 9.17) is 5.84 Å². The van der Waals surface area contributed by atoms with Crippen LogP contribution in [-0.2, 0) is 10.0 Å². The molecule has 0 spiro atoms. The summed E-state index contributed by atoms with van der Waals surface area (Å²) in [7, 11) is -2.47. The average Bonchev–Trinajstić information content (AvgIpc) is 3.29. The topological polar surface area (TPSA) is 119 Å². The zero-order valence-electron chi connectivity index (χ0n) is 11.8. The van der Waals surface area contributed by atoms with Crippen molar-refractivity contribution in [1.29, 1.82) is 0 Å². The molecule has 0 bridgehead atoms. The van der Waals surface area contributed by atoms with Crippen molar-refractivity contribution in [2.75, 3.05) is 12.5 Å². The molecule has 1 aromatic rings. The summed E-state index contributed by atoms with van der Waals surface area (Å²) in [6.45, 7) is 1.82. The predicted molar refractivity (Wildman–Crippen MR) is 78.0 cm³/mol. The summed E-state index contributed by atoms with van der Waals surface area (Å²) < 4.78 is 26.4. The van der Waals surface area contributed by atoms with Gasteiger partial charge in [-0.1, -0.05) is 0 Å². The van der Waals surface area contributed by atoms with Gasteiger partial charge in [0.15, 0.2) is 4.90 Å². The summed E-state index contributed by atoms with van der Waals surface area (Å²) >= 11 is 0. The van der Waals surface area contributed by atoms with E-state index in [0.717, 1.165) is 18.9 Å². The quantitative estimate of drug-likeness (QED) is 0.464.